The number of carbonyl (C=O) groups is 3. The van der Waals surface area contributed by atoms with Crippen molar-refractivity contribution in [1.29, 1.82) is 0 Å². The highest BCUT2D eigenvalue weighted by atomic mass is 16.4. The van der Waals surface area contributed by atoms with Gasteiger partial charge in [0.15, 0.2) is 5.78 Å². The second-order valence-electron chi connectivity index (χ2n) is 13.2. The van der Waals surface area contributed by atoms with Gasteiger partial charge in [-0.2, -0.15) is 0 Å². The van der Waals surface area contributed by atoms with Crippen LogP contribution in [0.1, 0.15) is 106 Å². The van der Waals surface area contributed by atoms with Crippen LogP contribution in [-0.2, 0) is 14.4 Å². The predicted octanol–water partition coefficient (Wildman–Crippen LogP) is 6.93. The fourth-order valence-electron chi connectivity index (χ4n) is 9.10. The zero-order chi connectivity index (χ0) is 25.3. The Morgan fingerprint density at radius 2 is 1.76 bits per heavy atom. The number of rotatable bonds is 5. The molecule has 0 bridgehead atoms. The van der Waals surface area contributed by atoms with Gasteiger partial charge < -0.3 is 5.11 Å². The van der Waals surface area contributed by atoms with E-state index in [-0.39, 0.29) is 27.6 Å². The molecule has 0 unspecified atom stereocenters. The summed E-state index contributed by atoms with van der Waals surface area (Å²) in [6, 6.07) is 0. The molecular weight excluding hydrogens is 424 g/mol. The van der Waals surface area contributed by atoms with E-state index in [2.05, 4.69) is 41.5 Å². The molecule has 188 valence electrons. The highest BCUT2D eigenvalue weighted by Gasteiger charge is 2.65. The largest absolute Gasteiger partial charge is 0.478 e. The molecule has 0 radical (unpaired) electrons. The molecule has 4 nitrogen and oxygen atoms in total. The third-order valence-electron chi connectivity index (χ3n) is 11.4. The maximum absolute atomic E-state index is 14.0. The third-order valence-corrected chi connectivity index (χ3v) is 11.4. The maximum Gasteiger partial charge on any atom is 0.330 e. The Morgan fingerprint density at radius 3 is 2.41 bits per heavy atom. The highest BCUT2D eigenvalue weighted by Crippen LogP contribution is 2.71. The van der Waals surface area contributed by atoms with Gasteiger partial charge >= 0.3 is 5.97 Å². The molecule has 0 heterocycles. The number of fused-ring (bicyclic) bond motifs is 4. The number of carboxylic acids is 1. The van der Waals surface area contributed by atoms with Gasteiger partial charge in [0.1, 0.15) is 5.78 Å². The first-order chi connectivity index (χ1) is 15.7. The van der Waals surface area contributed by atoms with E-state index in [1.54, 1.807) is 6.92 Å². The summed E-state index contributed by atoms with van der Waals surface area (Å²) in [5.74, 6) is 1.01. The molecule has 1 N–H and O–H groups in total. The van der Waals surface area contributed by atoms with Crippen molar-refractivity contribution >= 4 is 17.5 Å². The van der Waals surface area contributed by atoms with Gasteiger partial charge in [-0.15, -0.1) is 0 Å². The summed E-state index contributed by atoms with van der Waals surface area (Å²) >= 11 is 0. The minimum Gasteiger partial charge on any atom is -0.478 e. The lowest BCUT2D eigenvalue weighted by atomic mass is 9.43. The average molecular weight is 469 g/mol. The van der Waals surface area contributed by atoms with Crippen LogP contribution in [0.25, 0.3) is 0 Å². The second kappa shape index (κ2) is 8.17. The molecule has 0 aromatic carbocycles. The van der Waals surface area contributed by atoms with Gasteiger partial charge in [0, 0.05) is 34.8 Å². The molecule has 0 saturated heterocycles. The Labute approximate surface area is 205 Å². The Morgan fingerprint density at radius 1 is 1.09 bits per heavy atom. The van der Waals surface area contributed by atoms with Crippen molar-refractivity contribution in [1.82, 2.24) is 0 Å². The number of carbonyl (C=O) groups excluding carboxylic acids is 2. The van der Waals surface area contributed by atoms with Crippen LogP contribution in [0.2, 0.25) is 0 Å². The number of ketones is 2. The predicted molar refractivity (Wildman–Crippen MR) is 134 cm³/mol. The van der Waals surface area contributed by atoms with Crippen molar-refractivity contribution in [3.8, 4) is 0 Å². The molecule has 4 rings (SSSR count). The second-order valence-corrected chi connectivity index (χ2v) is 13.2. The number of hydrogen-bond donors (Lipinski definition) is 1. The van der Waals surface area contributed by atoms with E-state index in [4.69, 9.17) is 5.11 Å². The van der Waals surface area contributed by atoms with E-state index < -0.39 is 5.97 Å². The summed E-state index contributed by atoms with van der Waals surface area (Å²) in [6.45, 7) is 15.3. The van der Waals surface area contributed by atoms with Crippen molar-refractivity contribution < 1.29 is 19.5 Å². The van der Waals surface area contributed by atoms with E-state index in [1.807, 2.05) is 6.08 Å². The van der Waals surface area contributed by atoms with E-state index in [9.17, 15) is 14.4 Å². The molecule has 34 heavy (non-hydrogen) atoms. The van der Waals surface area contributed by atoms with Crippen LogP contribution in [0.3, 0.4) is 0 Å². The summed E-state index contributed by atoms with van der Waals surface area (Å²) < 4.78 is 0. The van der Waals surface area contributed by atoms with E-state index in [0.29, 0.717) is 41.8 Å². The Balaban J connectivity index is 1.66. The number of aliphatic carboxylic acids is 1. The lowest BCUT2D eigenvalue weighted by Gasteiger charge is -2.60. The molecule has 0 aliphatic heterocycles. The summed E-state index contributed by atoms with van der Waals surface area (Å²) in [6.07, 6.45) is 9.78. The first-order valence-electron chi connectivity index (χ1n) is 13.4. The quantitative estimate of drug-likeness (QED) is 0.444. The zero-order valence-electron chi connectivity index (χ0n) is 22.3. The summed E-state index contributed by atoms with van der Waals surface area (Å²) in [5, 5.41) is 9.15. The Hall–Kier alpha value is -1.71. The first kappa shape index (κ1) is 25.4. The third kappa shape index (κ3) is 3.41. The van der Waals surface area contributed by atoms with E-state index in [1.165, 1.54) is 5.57 Å². The van der Waals surface area contributed by atoms with Gasteiger partial charge in [-0.1, -0.05) is 53.2 Å². The summed E-state index contributed by atoms with van der Waals surface area (Å²) in [5.41, 5.74) is 2.37. The topological polar surface area (TPSA) is 71.4 Å². The molecule has 4 heteroatoms. The molecule has 0 aromatic rings. The van der Waals surface area contributed by atoms with Crippen molar-refractivity contribution in [3.63, 3.8) is 0 Å². The van der Waals surface area contributed by atoms with Crippen LogP contribution in [-0.4, -0.2) is 22.6 Å². The van der Waals surface area contributed by atoms with E-state index in [0.717, 1.165) is 50.5 Å². The van der Waals surface area contributed by atoms with Crippen molar-refractivity contribution in [2.24, 2.45) is 39.4 Å². The van der Waals surface area contributed by atoms with Gasteiger partial charge in [-0.3, -0.25) is 9.59 Å². The van der Waals surface area contributed by atoms with Crippen LogP contribution >= 0.6 is 0 Å². The maximum atomic E-state index is 14.0. The number of allylic oxidation sites excluding steroid dienone is 3. The van der Waals surface area contributed by atoms with Gasteiger partial charge in [0.2, 0.25) is 0 Å². The smallest absolute Gasteiger partial charge is 0.330 e. The van der Waals surface area contributed by atoms with Crippen LogP contribution in [0.5, 0.6) is 0 Å². The number of hydrogen-bond acceptors (Lipinski definition) is 3. The fourth-order valence-corrected chi connectivity index (χ4v) is 9.10. The average Bonchev–Trinajstić information content (AvgIpc) is 3.02. The molecule has 0 amide bonds. The Kier molecular flexibility index (Phi) is 6.10. The van der Waals surface area contributed by atoms with Crippen molar-refractivity contribution in [3.05, 3.63) is 22.8 Å². The van der Waals surface area contributed by atoms with Crippen LogP contribution < -0.4 is 0 Å². The van der Waals surface area contributed by atoms with Crippen molar-refractivity contribution in [2.75, 3.05) is 0 Å². The Bertz CT molecular complexity index is 984. The van der Waals surface area contributed by atoms with Gasteiger partial charge in [-0.25, -0.2) is 4.79 Å². The van der Waals surface area contributed by atoms with Gasteiger partial charge in [-0.05, 0) is 80.5 Å². The molecule has 6 atom stereocenters. The standard InChI is InChI=1S/C30H44O4/c1-18(9-8-10-19(2)26(33)34)20-13-16-29(6)21-11-12-23-27(3,4)24(32)14-15-28(23,5)25(21)22(31)17-30(20,29)7/h10,18,20,23H,8-9,11-17H2,1-7H3,(H,33,34)/b19-10-/t18-,20-,23+,28+,29+,30-/m1/s1. The minimum absolute atomic E-state index is 0.0293. The van der Waals surface area contributed by atoms with Crippen LogP contribution in [0.4, 0.5) is 0 Å². The lowest BCUT2D eigenvalue weighted by Crippen LogP contribution is -2.56. The zero-order valence-corrected chi connectivity index (χ0v) is 22.3. The summed E-state index contributed by atoms with van der Waals surface area (Å²) in [7, 11) is 0. The molecule has 0 aromatic heterocycles. The molecule has 0 spiro atoms. The van der Waals surface area contributed by atoms with Gasteiger partial charge in [0.25, 0.3) is 0 Å². The normalized spacial score (nSPS) is 40.5. The highest BCUT2D eigenvalue weighted by molar-refractivity contribution is 6.00. The molecule has 4 aliphatic carbocycles. The number of Topliss-reactive ketones (excluding diaryl/α,β-unsaturated/α-hetero) is 2. The van der Waals surface area contributed by atoms with Gasteiger partial charge in [0.05, 0.1) is 0 Å². The number of carboxylic acid groups (broad SMARTS) is 1. The molecule has 4 aliphatic rings. The molecular formula is C30H44O4. The van der Waals surface area contributed by atoms with Crippen LogP contribution in [0, 0.1) is 39.4 Å². The first-order valence-corrected chi connectivity index (χ1v) is 13.4. The van der Waals surface area contributed by atoms with E-state index >= 15 is 0 Å². The fraction of sp³-hybridized carbons (Fsp3) is 0.767. The monoisotopic (exact) mass is 468 g/mol. The lowest BCUT2D eigenvalue weighted by molar-refractivity contribution is -0.142. The SMILES string of the molecule is C/C(=C/CC[C@@H](C)[C@H]1CC[C@@]2(C)C3=C(C(=O)C[C@]12C)[C@@]1(C)CCC(=O)C(C)(C)[C@@H]1CC3)C(=O)O. The summed E-state index contributed by atoms with van der Waals surface area (Å²) in [4.78, 5) is 37.9. The molecule has 2 saturated carbocycles. The minimum atomic E-state index is -0.845. The van der Waals surface area contributed by atoms with Crippen LogP contribution in [0.15, 0.2) is 22.8 Å². The van der Waals surface area contributed by atoms with Crippen molar-refractivity contribution in [2.45, 2.75) is 106 Å². The molecule has 2 fully saturated rings.